The fourth-order valence-electron chi connectivity index (χ4n) is 2.77. The molecule has 1 aliphatic rings. The normalized spacial score (nSPS) is 16.9. The summed E-state index contributed by atoms with van der Waals surface area (Å²) >= 11 is 0. The van der Waals surface area contributed by atoms with Gasteiger partial charge in [0.1, 0.15) is 18.1 Å². The second kappa shape index (κ2) is 5.97. The molecule has 1 atom stereocenters. The average Bonchev–Trinajstić information content (AvgIpc) is 2.90. The molecule has 1 aliphatic carbocycles. The molecule has 0 heterocycles. The zero-order chi connectivity index (χ0) is 13.8. The van der Waals surface area contributed by atoms with E-state index in [9.17, 15) is 5.11 Å². The monoisotopic (exact) mass is 269 g/mol. The van der Waals surface area contributed by atoms with Gasteiger partial charge in [0.15, 0.2) is 0 Å². The zero-order valence-electron chi connectivity index (χ0n) is 11.4. The molecule has 0 aliphatic heterocycles. The maximum atomic E-state index is 9.82. The highest BCUT2D eigenvalue weighted by atomic mass is 16.5. The number of benzene rings is 2. The second-order valence-electron chi connectivity index (χ2n) is 5.05. The van der Waals surface area contributed by atoms with Crippen molar-refractivity contribution in [2.24, 2.45) is 0 Å². The Morgan fingerprint density at radius 1 is 1.10 bits per heavy atom. The highest BCUT2D eigenvalue weighted by Gasteiger charge is 2.23. The number of aromatic hydroxyl groups is 1. The second-order valence-corrected chi connectivity index (χ2v) is 5.05. The summed E-state index contributed by atoms with van der Waals surface area (Å²) in [6.45, 7) is 1.45. The third-order valence-corrected chi connectivity index (χ3v) is 3.75. The molecule has 2 aromatic carbocycles. The van der Waals surface area contributed by atoms with Crippen molar-refractivity contribution < 1.29 is 9.84 Å². The van der Waals surface area contributed by atoms with E-state index in [4.69, 9.17) is 4.74 Å². The number of phenols is 1. The maximum absolute atomic E-state index is 9.82. The lowest BCUT2D eigenvalue weighted by Crippen LogP contribution is -2.24. The van der Waals surface area contributed by atoms with E-state index >= 15 is 0 Å². The minimum Gasteiger partial charge on any atom is -0.508 e. The molecule has 104 valence electrons. The molecule has 0 spiro atoms. The van der Waals surface area contributed by atoms with Crippen LogP contribution in [-0.2, 0) is 6.42 Å². The molecule has 0 bridgehead atoms. The van der Waals surface area contributed by atoms with Crippen LogP contribution in [-0.4, -0.2) is 18.3 Å². The summed E-state index contributed by atoms with van der Waals surface area (Å²) in [7, 11) is 0. The van der Waals surface area contributed by atoms with Gasteiger partial charge >= 0.3 is 0 Å². The molecule has 0 fully saturated rings. The largest absolute Gasteiger partial charge is 0.508 e. The molecule has 0 saturated heterocycles. The summed E-state index contributed by atoms with van der Waals surface area (Å²) in [5.74, 6) is 1.33. The number of hydrogen-bond acceptors (Lipinski definition) is 3. The SMILES string of the molecule is Oc1cccc2c1CCC2NCCOc1ccccc1. The van der Waals surface area contributed by atoms with Gasteiger partial charge in [-0.3, -0.25) is 0 Å². The van der Waals surface area contributed by atoms with E-state index < -0.39 is 0 Å². The molecule has 0 radical (unpaired) electrons. The molecule has 3 rings (SSSR count). The molecular formula is C17H19NO2. The van der Waals surface area contributed by atoms with Crippen LogP contribution in [0.1, 0.15) is 23.6 Å². The number of hydrogen-bond donors (Lipinski definition) is 2. The van der Waals surface area contributed by atoms with Crippen molar-refractivity contribution >= 4 is 0 Å². The van der Waals surface area contributed by atoms with Crippen molar-refractivity contribution in [3.05, 3.63) is 59.7 Å². The topological polar surface area (TPSA) is 41.5 Å². The minimum absolute atomic E-state index is 0.330. The predicted molar refractivity (Wildman–Crippen MR) is 79.1 cm³/mol. The van der Waals surface area contributed by atoms with Crippen molar-refractivity contribution in [2.75, 3.05) is 13.2 Å². The van der Waals surface area contributed by atoms with Crippen LogP contribution in [0.4, 0.5) is 0 Å². The molecule has 0 amide bonds. The van der Waals surface area contributed by atoms with Crippen LogP contribution in [0.3, 0.4) is 0 Å². The summed E-state index contributed by atoms with van der Waals surface area (Å²) in [5, 5.41) is 13.3. The summed E-state index contributed by atoms with van der Waals surface area (Å²) < 4.78 is 5.67. The molecule has 1 unspecified atom stereocenters. The summed E-state index contributed by atoms with van der Waals surface area (Å²) in [6.07, 6.45) is 1.98. The fourth-order valence-corrected chi connectivity index (χ4v) is 2.77. The molecule has 2 aromatic rings. The minimum atomic E-state index is 0.330. The Kier molecular flexibility index (Phi) is 3.88. The quantitative estimate of drug-likeness (QED) is 0.820. The first-order valence-corrected chi connectivity index (χ1v) is 7.06. The van der Waals surface area contributed by atoms with Gasteiger partial charge in [0, 0.05) is 12.6 Å². The summed E-state index contributed by atoms with van der Waals surface area (Å²) in [5.41, 5.74) is 2.32. The summed E-state index contributed by atoms with van der Waals surface area (Å²) in [6, 6.07) is 15.9. The Hall–Kier alpha value is -2.00. The van der Waals surface area contributed by atoms with E-state index in [0.29, 0.717) is 18.4 Å². The molecule has 20 heavy (non-hydrogen) atoms. The first kappa shape index (κ1) is 13.0. The van der Waals surface area contributed by atoms with Gasteiger partial charge in [0.2, 0.25) is 0 Å². The van der Waals surface area contributed by atoms with Crippen molar-refractivity contribution in [1.82, 2.24) is 5.32 Å². The van der Waals surface area contributed by atoms with Crippen molar-refractivity contribution in [1.29, 1.82) is 0 Å². The van der Waals surface area contributed by atoms with Crippen LogP contribution in [0.15, 0.2) is 48.5 Å². The van der Waals surface area contributed by atoms with Crippen molar-refractivity contribution in [2.45, 2.75) is 18.9 Å². The third-order valence-electron chi connectivity index (χ3n) is 3.75. The molecule has 0 saturated carbocycles. The van der Waals surface area contributed by atoms with Crippen LogP contribution in [0, 0.1) is 0 Å². The maximum Gasteiger partial charge on any atom is 0.119 e. The predicted octanol–water partition coefficient (Wildman–Crippen LogP) is 3.05. The van der Waals surface area contributed by atoms with Gasteiger partial charge in [-0.05, 0) is 42.2 Å². The first-order valence-electron chi connectivity index (χ1n) is 7.06. The van der Waals surface area contributed by atoms with Crippen molar-refractivity contribution in [3.8, 4) is 11.5 Å². The van der Waals surface area contributed by atoms with E-state index in [0.717, 1.165) is 30.7 Å². The fraction of sp³-hybridized carbons (Fsp3) is 0.294. The van der Waals surface area contributed by atoms with Gasteiger partial charge in [-0.2, -0.15) is 0 Å². The van der Waals surface area contributed by atoms with Gasteiger partial charge in [-0.1, -0.05) is 30.3 Å². The number of nitrogens with one attached hydrogen (secondary N) is 1. The Bertz CT molecular complexity index is 568. The lowest BCUT2D eigenvalue weighted by molar-refractivity contribution is 0.305. The Labute approximate surface area is 119 Å². The standard InChI is InChI=1S/C17H19NO2/c19-17-8-4-7-14-15(17)9-10-16(14)18-11-12-20-13-5-2-1-3-6-13/h1-8,16,18-19H,9-12H2. The van der Waals surface area contributed by atoms with E-state index in [1.165, 1.54) is 5.56 Å². The van der Waals surface area contributed by atoms with Crippen LogP contribution in [0.25, 0.3) is 0 Å². The Morgan fingerprint density at radius 3 is 2.80 bits per heavy atom. The Morgan fingerprint density at radius 2 is 1.95 bits per heavy atom. The van der Waals surface area contributed by atoms with E-state index in [1.54, 1.807) is 6.07 Å². The number of para-hydroxylation sites is 1. The molecular weight excluding hydrogens is 250 g/mol. The van der Waals surface area contributed by atoms with E-state index in [-0.39, 0.29) is 0 Å². The van der Waals surface area contributed by atoms with Gasteiger partial charge in [0.05, 0.1) is 0 Å². The first-order chi connectivity index (χ1) is 9.84. The zero-order valence-corrected chi connectivity index (χ0v) is 11.4. The highest BCUT2D eigenvalue weighted by molar-refractivity contribution is 5.44. The van der Waals surface area contributed by atoms with Crippen LogP contribution >= 0.6 is 0 Å². The van der Waals surface area contributed by atoms with E-state index in [1.807, 2.05) is 36.4 Å². The summed E-state index contributed by atoms with van der Waals surface area (Å²) in [4.78, 5) is 0. The van der Waals surface area contributed by atoms with Crippen LogP contribution in [0.5, 0.6) is 11.5 Å². The van der Waals surface area contributed by atoms with Gasteiger partial charge in [-0.25, -0.2) is 0 Å². The smallest absolute Gasteiger partial charge is 0.119 e. The molecule has 2 N–H and O–H groups in total. The number of rotatable bonds is 5. The Balaban J connectivity index is 1.50. The van der Waals surface area contributed by atoms with E-state index in [2.05, 4.69) is 11.4 Å². The van der Waals surface area contributed by atoms with Crippen LogP contribution in [0.2, 0.25) is 0 Å². The average molecular weight is 269 g/mol. The van der Waals surface area contributed by atoms with Crippen molar-refractivity contribution in [3.63, 3.8) is 0 Å². The van der Waals surface area contributed by atoms with Gasteiger partial charge in [0.25, 0.3) is 0 Å². The van der Waals surface area contributed by atoms with Gasteiger partial charge in [-0.15, -0.1) is 0 Å². The highest BCUT2D eigenvalue weighted by Crippen LogP contribution is 2.35. The molecule has 3 heteroatoms. The third kappa shape index (κ3) is 2.78. The molecule has 0 aromatic heterocycles. The number of fused-ring (bicyclic) bond motifs is 1. The lowest BCUT2D eigenvalue weighted by atomic mass is 10.1. The van der Waals surface area contributed by atoms with Gasteiger partial charge < -0.3 is 15.2 Å². The lowest BCUT2D eigenvalue weighted by Gasteiger charge is -2.14. The van der Waals surface area contributed by atoms with Crippen LogP contribution < -0.4 is 10.1 Å². The molecule has 3 nitrogen and oxygen atoms in total. The number of ether oxygens (including phenoxy) is 1. The number of phenolic OH excluding ortho intramolecular Hbond substituents is 1.